The Morgan fingerprint density at radius 1 is 1.24 bits per heavy atom. The van der Waals surface area contributed by atoms with E-state index in [0.717, 1.165) is 0 Å². The van der Waals surface area contributed by atoms with Crippen molar-refractivity contribution in [2.45, 2.75) is 5.25 Å². The van der Waals surface area contributed by atoms with Gasteiger partial charge in [0, 0.05) is 0 Å². The quantitative estimate of drug-likeness (QED) is 0.446. The van der Waals surface area contributed by atoms with Crippen LogP contribution in [0.3, 0.4) is 0 Å². The number of hydrogen-bond acceptors (Lipinski definition) is 7. The summed E-state index contributed by atoms with van der Waals surface area (Å²) >= 11 is 0. The first-order chi connectivity index (χ1) is 7.63. The van der Waals surface area contributed by atoms with Crippen molar-refractivity contribution >= 4 is 22.1 Å². The van der Waals surface area contributed by atoms with Gasteiger partial charge >= 0.3 is 27.3 Å². The monoisotopic (exact) mass is 278 g/mol. The van der Waals surface area contributed by atoms with E-state index in [1.54, 1.807) is 0 Å². The van der Waals surface area contributed by atoms with Crippen LogP contribution in [0.25, 0.3) is 0 Å². The van der Waals surface area contributed by atoms with E-state index in [0.29, 0.717) is 0 Å². The molecule has 0 saturated heterocycles. The Balaban J connectivity index is 4.34. The molecule has 0 saturated carbocycles. The maximum absolute atomic E-state index is 12.5. The number of halogens is 2. The van der Waals surface area contributed by atoms with E-state index in [9.17, 15) is 26.8 Å². The molecule has 0 aliphatic carbocycles. The Bertz CT molecular complexity index is 389. The molecule has 0 bridgehead atoms. The lowest BCUT2D eigenvalue weighted by atomic mass is 10.6. The van der Waals surface area contributed by atoms with Crippen molar-refractivity contribution in [2.75, 3.05) is 19.8 Å². The second-order valence-corrected chi connectivity index (χ2v) is 3.97. The number of alkyl halides is 2. The molecule has 0 aliphatic rings. The summed E-state index contributed by atoms with van der Waals surface area (Å²) in [4.78, 5) is 21.1. The standard InChI is InChI=1S/C6H8F2O8S/c7-6(8,17(12,13)14)5(11)16-3-4(10)15-2-1-9/h9H,1-3H2,(H,12,13,14). The first-order valence-electron chi connectivity index (χ1n) is 3.91. The molecule has 0 rings (SSSR count). The lowest BCUT2D eigenvalue weighted by molar-refractivity contribution is -0.169. The third kappa shape index (κ3) is 4.58. The molecule has 0 atom stereocenters. The average molecular weight is 278 g/mol. The summed E-state index contributed by atoms with van der Waals surface area (Å²) in [6.07, 6.45) is 0. The molecule has 0 amide bonds. The van der Waals surface area contributed by atoms with Gasteiger partial charge in [-0.2, -0.15) is 17.2 Å². The summed E-state index contributed by atoms with van der Waals surface area (Å²) in [5, 5.41) is 3.05. The number of rotatable bonds is 6. The maximum atomic E-state index is 12.5. The number of carbonyl (C=O) groups is 2. The Morgan fingerprint density at radius 3 is 2.18 bits per heavy atom. The second kappa shape index (κ2) is 5.84. The van der Waals surface area contributed by atoms with Gasteiger partial charge in [-0.1, -0.05) is 0 Å². The van der Waals surface area contributed by atoms with Gasteiger partial charge in [-0.15, -0.1) is 0 Å². The molecule has 8 nitrogen and oxygen atoms in total. The highest BCUT2D eigenvalue weighted by Crippen LogP contribution is 2.21. The van der Waals surface area contributed by atoms with Crippen LogP contribution in [0.15, 0.2) is 0 Å². The molecule has 0 radical (unpaired) electrons. The summed E-state index contributed by atoms with van der Waals surface area (Å²) < 4.78 is 60.9. The van der Waals surface area contributed by atoms with Crippen molar-refractivity contribution in [1.82, 2.24) is 0 Å². The molecule has 0 spiro atoms. The fourth-order valence-electron chi connectivity index (χ4n) is 0.515. The predicted molar refractivity (Wildman–Crippen MR) is 45.5 cm³/mol. The summed E-state index contributed by atoms with van der Waals surface area (Å²) in [7, 11) is -5.97. The van der Waals surface area contributed by atoms with Crippen LogP contribution in [0.4, 0.5) is 8.78 Å². The summed E-state index contributed by atoms with van der Waals surface area (Å²) in [6, 6.07) is 0. The Labute approximate surface area is 93.9 Å². The fraction of sp³-hybridized carbons (Fsp3) is 0.667. The average Bonchev–Trinajstić information content (AvgIpc) is 2.21. The van der Waals surface area contributed by atoms with E-state index in [2.05, 4.69) is 9.47 Å². The van der Waals surface area contributed by atoms with Crippen LogP contribution in [0.5, 0.6) is 0 Å². The van der Waals surface area contributed by atoms with Crippen LogP contribution in [0, 0.1) is 0 Å². The zero-order chi connectivity index (χ0) is 13.7. The van der Waals surface area contributed by atoms with Crippen LogP contribution >= 0.6 is 0 Å². The maximum Gasteiger partial charge on any atom is 0.465 e. The van der Waals surface area contributed by atoms with E-state index < -0.39 is 47.1 Å². The highest BCUT2D eigenvalue weighted by molar-refractivity contribution is 7.87. The van der Waals surface area contributed by atoms with Crippen molar-refractivity contribution in [3.63, 3.8) is 0 Å². The van der Waals surface area contributed by atoms with Crippen molar-refractivity contribution in [3.05, 3.63) is 0 Å². The van der Waals surface area contributed by atoms with E-state index in [-0.39, 0.29) is 0 Å². The zero-order valence-corrected chi connectivity index (χ0v) is 8.95. The fourth-order valence-corrected chi connectivity index (χ4v) is 0.784. The number of carbonyl (C=O) groups excluding carboxylic acids is 2. The Hall–Kier alpha value is -1.33. The van der Waals surface area contributed by atoms with E-state index >= 15 is 0 Å². The van der Waals surface area contributed by atoms with Gasteiger partial charge < -0.3 is 14.6 Å². The number of ether oxygens (including phenoxy) is 2. The van der Waals surface area contributed by atoms with Gasteiger partial charge in [0.25, 0.3) is 0 Å². The molecule has 2 N–H and O–H groups in total. The van der Waals surface area contributed by atoms with Crippen molar-refractivity contribution in [2.24, 2.45) is 0 Å². The molecule has 0 fully saturated rings. The van der Waals surface area contributed by atoms with Gasteiger partial charge in [-0.25, -0.2) is 9.59 Å². The third-order valence-electron chi connectivity index (χ3n) is 1.24. The van der Waals surface area contributed by atoms with Crippen LogP contribution < -0.4 is 0 Å². The van der Waals surface area contributed by atoms with Crippen LogP contribution in [-0.2, 0) is 29.2 Å². The van der Waals surface area contributed by atoms with Gasteiger partial charge in [0.1, 0.15) is 6.61 Å². The summed E-state index contributed by atoms with van der Waals surface area (Å²) in [5.74, 6) is -3.88. The van der Waals surface area contributed by atoms with E-state index in [1.807, 2.05) is 0 Å². The SMILES string of the molecule is O=C(COC(=O)C(F)(F)S(=O)(=O)O)OCCO. The zero-order valence-electron chi connectivity index (χ0n) is 8.13. The summed E-state index contributed by atoms with van der Waals surface area (Å²) in [6.45, 7) is -2.24. The summed E-state index contributed by atoms with van der Waals surface area (Å²) in [5.41, 5.74) is 0. The highest BCUT2D eigenvalue weighted by atomic mass is 32.2. The van der Waals surface area contributed by atoms with Crippen LogP contribution in [0.2, 0.25) is 0 Å². The first kappa shape index (κ1) is 15.7. The molecule has 100 valence electrons. The normalized spacial score (nSPS) is 12.0. The molecule has 0 aromatic heterocycles. The Kier molecular flexibility index (Phi) is 5.38. The molecular weight excluding hydrogens is 270 g/mol. The number of aliphatic hydroxyl groups is 1. The molecule has 17 heavy (non-hydrogen) atoms. The topological polar surface area (TPSA) is 127 Å². The highest BCUT2D eigenvalue weighted by Gasteiger charge is 2.54. The minimum atomic E-state index is -5.97. The molecule has 0 aromatic carbocycles. The van der Waals surface area contributed by atoms with Gasteiger partial charge in [0.15, 0.2) is 6.61 Å². The van der Waals surface area contributed by atoms with Crippen molar-refractivity contribution in [1.29, 1.82) is 0 Å². The molecule has 11 heteroatoms. The predicted octanol–water partition coefficient (Wildman–Crippen LogP) is -1.45. The molecule has 0 unspecified atom stereocenters. The first-order valence-corrected chi connectivity index (χ1v) is 5.35. The molecule has 0 heterocycles. The molecule has 0 aliphatic heterocycles. The number of esters is 2. The van der Waals surface area contributed by atoms with E-state index in [1.165, 1.54) is 0 Å². The minimum Gasteiger partial charge on any atom is -0.461 e. The van der Waals surface area contributed by atoms with Crippen molar-refractivity contribution < 1.29 is 45.9 Å². The van der Waals surface area contributed by atoms with Gasteiger partial charge in [-0.3, -0.25) is 4.55 Å². The Morgan fingerprint density at radius 2 is 1.76 bits per heavy atom. The lowest BCUT2D eigenvalue weighted by Gasteiger charge is -2.11. The number of aliphatic hydroxyl groups excluding tert-OH is 1. The number of hydrogen-bond donors (Lipinski definition) is 2. The molecule has 0 aromatic rings. The second-order valence-electron chi connectivity index (χ2n) is 2.51. The largest absolute Gasteiger partial charge is 0.465 e. The van der Waals surface area contributed by atoms with Gasteiger partial charge in [0.2, 0.25) is 0 Å². The molecular formula is C6H8F2O8S. The van der Waals surface area contributed by atoms with Gasteiger partial charge in [-0.05, 0) is 0 Å². The van der Waals surface area contributed by atoms with E-state index in [4.69, 9.17) is 9.66 Å². The van der Waals surface area contributed by atoms with Crippen LogP contribution in [-0.4, -0.2) is 55.1 Å². The minimum absolute atomic E-state index is 0.439. The van der Waals surface area contributed by atoms with Gasteiger partial charge in [0.05, 0.1) is 6.61 Å². The smallest absolute Gasteiger partial charge is 0.461 e. The van der Waals surface area contributed by atoms with Crippen LogP contribution in [0.1, 0.15) is 0 Å². The third-order valence-corrected chi connectivity index (χ3v) is 2.05. The van der Waals surface area contributed by atoms with Crippen molar-refractivity contribution in [3.8, 4) is 0 Å². The lowest BCUT2D eigenvalue weighted by Crippen LogP contribution is -2.39.